The molecule has 2 aliphatic rings. The third-order valence-corrected chi connectivity index (χ3v) is 3.14. The highest BCUT2D eigenvalue weighted by molar-refractivity contribution is 5.42. The van der Waals surface area contributed by atoms with Crippen molar-refractivity contribution in [2.45, 2.75) is 24.5 Å². The summed E-state index contributed by atoms with van der Waals surface area (Å²) in [6.07, 6.45) is -1.02. The minimum absolute atomic E-state index is 0.0630. The summed E-state index contributed by atoms with van der Waals surface area (Å²) in [5, 5.41) is 9.07. The lowest BCUT2D eigenvalue weighted by Gasteiger charge is -2.22. The van der Waals surface area contributed by atoms with Crippen molar-refractivity contribution in [1.29, 1.82) is 5.26 Å². The molecule has 3 rings (SSSR count). The highest BCUT2D eigenvalue weighted by Crippen LogP contribution is 2.50. The Labute approximate surface area is 92.4 Å². The number of benzene rings is 1. The molecular formula is C12H10FNO2. The van der Waals surface area contributed by atoms with Crippen LogP contribution in [0.3, 0.4) is 0 Å². The first-order valence-corrected chi connectivity index (χ1v) is 5.20. The van der Waals surface area contributed by atoms with Gasteiger partial charge in [0.2, 0.25) is 6.36 Å². The van der Waals surface area contributed by atoms with Crippen molar-refractivity contribution in [3.63, 3.8) is 0 Å². The Kier molecular flexibility index (Phi) is 2.00. The van der Waals surface area contributed by atoms with Gasteiger partial charge < -0.3 is 9.47 Å². The van der Waals surface area contributed by atoms with Gasteiger partial charge in [0.15, 0.2) is 5.79 Å². The summed E-state index contributed by atoms with van der Waals surface area (Å²) < 4.78 is 23.8. The Morgan fingerprint density at radius 3 is 2.94 bits per heavy atom. The molecule has 1 aliphatic heterocycles. The fourth-order valence-electron chi connectivity index (χ4n) is 2.47. The van der Waals surface area contributed by atoms with E-state index in [-0.39, 0.29) is 12.5 Å². The third-order valence-electron chi connectivity index (χ3n) is 3.14. The van der Waals surface area contributed by atoms with Gasteiger partial charge in [-0.05, 0) is 5.56 Å². The van der Waals surface area contributed by atoms with E-state index in [4.69, 9.17) is 14.7 Å². The van der Waals surface area contributed by atoms with E-state index in [0.717, 1.165) is 11.1 Å². The zero-order chi connectivity index (χ0) is 11.2. The van der Waals surface area contributed by atoms with E-state index in [1.807, 2.05) is 24.3 Å². The summed E-state index contributed by atoms with van der Waals surface area (Å²) in [6, 6.07) is 9.62. The van der Waals surface area contributed by atoms with Crippen molar-refractivity contribution in [3.8, 4) is 6.07 Å². The van der Waals surface area contributed by atoms with E-state index in [1.165, 1.54) is 0 Å². The minimum atomic E-state index is -1.40. The molecule has 82 valence electrons. The van der Waals surface area contributed by atoms with Crippen LogP contribution in [0.25, 0.3) is 0 Å². The second-order valence-corrected chi connectivity index (χ2v) is 4.06. The fourth-order valence-corrected chi connectivity index (χ4v) is 2.47. The molecule has 1 spiro atoms. The molecule has 1 fully saturated rings. The highest BCUT2D eigenvalue weighted by Gasteiger charge is 2.51. The van der Waals surface area contributed by atoms with E-state index in [0.29, 0.717) is 6.42 Å². The monoisotopic (exact) mass is 219 g/mol. The quantitative estimate of drug-likeness (QED) is 0.671. The van der Waals surface area contributed by atoms with Gasteiger partial charge >= 0.3 is 0 Å². The number of alkyl halides is 1. The SMILES string of the molecule is N#CC1CC2(OCC(F)O2)c2ccccc21. The van der Waals surface area contributed by atoms with E-state index in [1.54, 1.807) is 0 Å². The molecule has 0 bridgehead atoms. The van der Waals surface area contributed by atoms with E-state index >= 15 is 0 Å². The number of nitriles is 1. The van der Waals surface area contributed by atoms with Crippen molar-refractivity contribution in [3.05, 3.63) is 35.4 Å². The number of fused-ring (bicyclic) bond motifs is 2. The van der Waals surface area contributed by atoms with Crippen LogP contribution in [0.5, 0.6) is 0 Å². The molecule has 4 heteroatoms. The maximum atomic E-state index is 13.1. The minimum Gasteiger partial charge on any atom is -0.340 e. The van der Waals surface area contributed by atoms with Crippen LogP contribution in [0.4, 0.5) is 4.39 Å². The summed E-state index contributed by atoms with van der Waals surface area (Å²) >= 11 is 0. The predicted octanol–water partition coefficient (Wildman–Crippen LogP) is 2.19. The highest BCUT2D eigenvalue weighted by atomic mass is 19.1. The Balaban J connectivity index is 2.10. The first-order valence-electron chi connectivity index (χ1n) is 5.20. The van der Waals surface area contributed by atoms with Gasteiger partial charge in [-0.25, -0.2) is 4.39 Å². The zero-order valence-corrected chi connectivity index (χ0v) is 8.52. The number of halogens is 1. The molecule has 1 aliphatic carbocycles. The lowest BCUT2D eigenvalue weighted by Crippen LogP contribution is -2.24. The van der Waals surface area contributed by atoms with Crippen LogP contribution in [0, 0.1) is 11.3 Å². The van der Waals surface area contributed by atoms with Gasteiger partial charge in [0, 0.05) is 12.0 Å². The standard InChI is InChI=1S/C12H10FNO2/c13-11-7-15-12(16-11)5-8(6-14)9-3-1-2-4-10(9)12/h1-4,8,11H,5,7H2. The molecule has 3 unspecified atom stereocenters. The Morgan fingerprint density at radius 1 is 1.44 bits per heavy atom. The average Bonchev–Trinajstić information content (AvgIpc) is 2.83. The summed E-state index contributed by atoms with van der Waals surface area (Å²) in [4.78, 5) is 0. The molecule has 3 atom stereocenters. The molecule has 0 amide bonds. The summed E-state index contributed by atoms with van der Waals surface area (Å²) in [7, 11) is 0. The van der Waals surface area contributed by atoms with Gasteiger partial charge in [0.25, 0.3) is 0 Å². The molecular weight excluding hydrogens is 209 g/mol. The predicted molar refractivity (Wildman–Crippen MR) is 53.0 cm³/mol. The van der Waals surface area contributed by atoms with Gasteiger partial charge in [-0.2, -0.15) is 5.26 Å². The Morgan fingerprint density at radius 2 is 2.25 bits per heavy atom. The van der Waals surface area contributed by atoms with Crippen LogP contribution < -0.4 is 0 Å². The van der Waals surface area contributed by atoms with Crippen LogP contribution in [0.2, 0.25) is 0 Å². The second-order valence-electron chi connectivity index (χ2n) is 4.06. The molecule has 1 heterocycles. The van der Waals surface area contributed by atoms with Crippen molar-refractivity contribution in [2.75, 3.05) is 6.61 Å². The van der Waals surface area contributed by atoms with Gasteiger partial charge in [-0.15, -0.1) is 0 Å². The van der Waals surface area contributed by atoms with E-state index in [2.05, 4.69) is 6.07 Å². The van der Waals surface area contributed by atoms with Crippen molar-refractivity contribution in [1.82, 2.24) is 0 Å². The number of nitrogens with zero attached hydrogens (tertiary/aromatic N) is 1. The maximum absolute atomic E-state index is 13.1. The third kappa shape index (κ3) is 1.19. The van der Waals surface area contributed by atoms with E-state index in [9.17, 15) is 4.39 Å². The largest absolute Gasteiger partial charge is 0.340 e. The van der Waals surface area contributed by atoms with Crippen LogP contribution in [0.1, 0.15) is 23.5 Å². The summed E-state index contributed by atoms with van der Waals surface area (Å²) in [5.74, 6) is -1.31. The number of hydrogen-bond acceptors (Lipinski definition) is 3. The van der Waals surface area contributed by atoms with Gasteiger partial charge in [0.05, 0.1) is 12.0 Å². The molecule has 16 heavy (non-hydrogen) atoms. The van der Waals surface area contributed by atoms with Crippen LogP contribution in [0.15, 0.2) is 24.3 Å². The molecule has 0 aromatic heterocycles. The molecule has 1 saturated heterocycles. The van der Waals surface area contributed by atoms with Crippen LogP contribution in [-0.4, -0.2) is 13.0 Å². The first-order chi connectivity index (χ1) is 7.75. The summed E-state index contributed by atoms with van der Waals surface area (Å²) in [5.41, 5.74) is 1.68. The number of rotatable bonds is 0. The maximum Gasteiger partial charge on any atom is 0.225 e. The normalized spacial score (nSPS) is 36.2. The van der Waals surface area contributed by atoms with Gasteiger partial charge in [-0.1, -0.05) is 24.3 Å². The molecule has 3 nitrogen and oxygen atoms in total. The van der Waals surface area contributed by atoms with E-state index < -0.39 is 12.1 Å². The fraction of sp³-hybridized carbons (Fsp3) is 0.417. The topological polar surface area (TPSA) is 42.2 Å². The average molecular weight is 219 g/mol. The molecule has 1 aromatic carbocycles. The number of hydrogen-bond donors (Lipinski definition) is 0. The van der Waals surface area contributed by atoms with Crippen molar-refractivity contribution < 1.29 is 13.9 Å². The van der Waals surface area contributed by atoms with Gasteiger partial charge in [0.1, 0.15) is 6.61 Å². The van der Waals surface area contributed by atoms with Crippen LogP contribution in [-0.2, 0) is 15.3 Å². The lowest BCUT2D eigenvalue weighted by atomic mass is 10.0. The molecule has 0 N–H and O–H groups in total. The summed E-state index contributed by atoms with van der Waals surface area (Å²) in [6.45, 7) is -0.0630. The molecule has 1 aromatic rings. The first kappa shape index (κ1) is 9.76. The van der Waals surface area contributed by atoms with Crippen molar-refractivity contribution >= 4 is 0 Å². The molecule has 0 saturated carbocycles. The zero-order valence-electron chi connectivity index (χ0n) is 8.52. The van der Waals surface area contributed by atoms with Gasteiger partial charge in [-0.3, -0.25) is 0 Å². The Bertz CT molecular complexity index is 470. The second kappa shape index (κ2) is 3.27. The van der Waals surface area contributed by atoms with Crippen molar-refractivity contribution in [2.24, 2.45) is 0 Å². The lowest BCUT2D eigenvalue weighted by molar-refractivity contribution is -0.190. The van der Waals surface area contributed by atoms with Crippen LogP contribution >= 0.6 is 0 Å². The molecule has 0 radical (unpaired) electrons. The number of ether oxygens (including phenoxy) is 2. The Hall–Kier alpha value is -1.44. The smallest absolute Gasteiger partial charge is 0.225 e.